The van der Waals surface area contributed by atoms with Gasteiger partial charge in [0.1, 0.15) is 0 Å². The Bertz CT molecular complexity index is 957. The van der Waals surface area contributed by atoms with E-state index in [9.17, 15) is 19.7 Å². The molecule has 4 rings (SSSR count). The second kappa shape index (κ2) is 7.92. The molecule has 8 nitrogen and oxygen atoms in total. The second-order valence-electron chi connectivity index (χ2n) is 7.06. The van der Waals surface area contributed by atoms with Crippen molar-refractivity contribution in [2.24, 2.45) is 0 Å². The number of hydrogen-bond acceptors (Lipinski definition) is 6. The van der Waals surface area contributed by atoms with Gasteiger partial charge >= 0.3 is 0 Å². The van der Waals surface area contributed by atoms with Crippen molar-refractivity contribution >= 4 is 44.8 Å². The quantitative estimate of drug-likeness (QED) is 0.397. The topological polar surface area (TPSA) is 87.0 Å². The zero-order valence-electron chi connectivity index (χ0n) is 15.5. The molecular weight excluding hydrogens is 440 g/mol. The number of piperazine rings is 1. The number of hydrogen-bond donors (Lipinski definition) is 0. The van der Waals surface area contributed by atoms with Crippen molar-refractivity contribution in [3.63, 3.8) is 0 Å². The van der Waals surface area contributed by atoms with E-state index in [-0.39, 0.29) is 23.9 Å². The molecule has 2 aromatic rings. The van der Waals surface area contributed by atoms with Crippen LogP contribution in [-0.2, 0) is 9.59 Å². The molecule has 0 aliphatic carbocycles. The van der Waals surface area contributed by atoms with Gasteiger partial charge in [0.15, 0.2) is 0 Å². The van der Waals surface area contributed by atoms with Gasteiger partial charge in [0, 0.05) is 48.5 Å². The minimum absolute atomic E-state index is 0.0649. The molecular formula is C20H19BrN4O4. The highest BCUT2D eigenvalue weighted by atomic mass is 79.9. The van der Waals surface area contributed by atoms with E-state index in [0.29, 0.717) is 31.9 Å². The molecule has 2 amide bonds. The summed E-state index contributed by atoms with van der Waals surface area (Å²) in [5.74, 6) is -0.368. The lowest BCUT2D eigenvalue weighted by molar-refractivity contribution is -0.384. The van der Waals surface area contributed by atoms with Crippen LogP contribution in [0.5, 0.6) is 0 Å². The highest BCUT2D eigenvalue weighted by molar-refractivity contribution is 9.10. The van der Waals surface area contributed by atoms with Crippen molar-refractivity contribution in [1.82, 2.24) is 4.90 Å². The molecule has 2 fully saturated rings. The fourth-order valence-corrected chi connectivity index (χ4v) is 4.25. The van der Waals surface area contributed by atoms with E-state index in [0.717, 1.165) is 10.2 Å². The van der Waals surface area contributed by atoms with E-state index >= 15 is 0 Å². The summed E-state index contributed by atoms with van der Waals surface area (Å²) in [6.07, 6.45) is 0.183. The molecule has 0 aromatic heterocycles. The molecule has 0 N–H and O–H groups in total. The van der Waals surface area contributed by atoms with E-state index in [1.54, 1.807) is 30.3 Å². The summed E-state index contributed by atoms with van der Waals surface area (Å²) < 4.78 is 0.816. The normalized spacial score (nSPS) is 20.4. The Labute approximate surface area is 176 Å². The van der Waals surface area contributed by atoms with Gasteiger partial charge in [-0.25, -0.2) is 4.90 Å². The van der Waals surface area contributed by atoms with Crippen molar-refractivity contribution < 1.29 is 14.5 Å². The summed E-state index contributed by atoms with van der Waals surface area (Å²) in [4.78, 5) is 41.3. The van der Waals surface area contributed by atoms with Crippen LogP contribution >= 0.6 is 15.9 Å². The van der Waals surface area contributed by atoms with E-state index in [2.05, 4.69) is 25.7 Å². The zero-order valence-corrected chi connectivity index (χ0v) is 17.1. The first-order valence-electron chi connectivity index (χ1n) is 9.30. The third-order valence-electron chi connectivity index (χ3n) is 5.37. The monoisotopic (exact) mass is 458 g/mol. The van der Waals surface area contributed by atoms with Crippen LogP contribution in [0, 0.1) is 10.1 Å². The van der Waals surface area contributed by atoms with Crippen LogP contribution < -0.4 is 9.80 Å². The number of benzene rings is 2. The third-order valence-corrected chi connectivity index (χ3v) is 5.86. The number of anilines is 2. The smallest absolute Gasteiger partial charge is 0.269 e. The fraction of sp³-hybridized carbons (Fsp3) is 0.300. The van der Waals surface area contributed by atoms with E-state index < -0.39 is 11.0 Å². The minimum atomic E-state index is -0.444. The Hall–Kier alpha value is -2.78. The lowest BCUT2D eigenvalue weighted by atomic mass is 10.1. The van der Waals surface area contributed by atoms with E-state index in [4.69, 9.17) is 0 Å². The zero-order chi connectivity index (χ0) is 20.5. The van der Waals surface area contributed by atoms with E-state index in [1.807, 2.05) is 6.07 Å². The number of non-ortho nitro benzene ring substituents is 1. The molecule has 2 heterocycles. The molecule has 0 bridgehead atoms. The Kier molecular flexibility index (Phi) is 5.33. The van der Waals surface area contributed by atoms with Gasteiger partial charge < -0.3 is 4.90 Å². The number of carbonyl (C=O) groups is 2. The van der Waals surface area contributed by atoms with Crippen molar-refractivity contribution in [2.45, 2.75) is 12.5 Å². The largest absolute Gasteiger partial charge is 0.369 e. The third kappa shape index (κ3) is 3.88. The summed E-state index contributed by atoms with van der Waals surface area (Å²) in [6, 6.07) is 13.2. The van der Waals surface area contributed by atoms with Crippen LogP contribution in [-0.4, -0.2) is 53.9 Å². The number of rotatable bonds is 4. The number of nitrogens with zero attached hydrogens (tertiary/aromatic N) is 4. The van der Waals surface area contributed by atoms with Crippen LogP contribution in [0.4, 0.5) is 17.1 Å². The molecule has 0 unspecified atom stereocenters. The maximum Gasteiger partial charge on any atom is 0.269 e. The molecule has 2 aliphatic rings. The first kappa shape index (κ1) is 19.5. The van der Waals surface area contributed by atoms with Crippen LogP contribution in [0.25, 0.3) is 0 Å². The predicted molar refractivity (Wildman–Crippen MR) is 112 cm³/mol. The van der Waals surface area contributed by atoms with Gasteiger partial charge in [-0.15, -0.1) is 0 Å². The molecule has 2 aromatic carbocycles. The number of carbonyl (C=O) groups excluding carboxylic acids is 2. The van der Waals surface area contributed by atoms with Crippen LogP contribution in [0.15, 0.2) is 53.0 Å². The summed E-state index contributed by atoms with van der Waals surface area (Å²) in [5, 5.41) is 10.8. The van der Waals surface area contributed by atoms with Gasteiger partial charge in [-0.05, 0) is 30.3 Å². The molecule has 0 radical (unpaired) electrons. The van der Waals surface area contributed by atoms with Gasteiger partial charge in [-0.3, -0.25) is 24.6 Å². The number of amides is 2. The average Bonchev–Trinajstić information content (AvgIpc) is 3.02. The summed E-state index contributed by atoms with van der Waals surface area (Å²) >= 11 is 3.38. The molecule has 150 valence electrons. The standard InChI is InChI=1S/C20H19BrN4O4/c21-14-2-1-3-17(12-14)24-19(26)13-18(20(24)27)23-10-8-22(9-11-23)15-4-6-16(7-5-15)25(28)29/h1-7,12,18H,8-11,13H2/t18-/m0/s1. The Morgan fingerprint density at radius 1 is 0.966 bits per heavy atom. The number of nitro benzene ring substituents is 1. The maximum atomic E-state index is 13.0. The highest BCUT2D eigenvalue weighted by Crippen LogP contribution is 2.29. The molecule has 29 heavy (non-hydrogen) atoms. The second-order valence-corrected chi connectivity index (χ2v) is 7.98. The van der Waals surface area contributed by atoms with Crippen molar-refractivity contribution in [3.05, 3.63) is 63.1 Å². The lowest BCUT2D eigenvalue weighted by Crippen LogP contribution is -2.52. The Morgan fingerprint density at radius 2 is 1.66 bits per heavy atom. The first-order valence-corrected chi connectivity index (χ1v) is 10.1. The summed E-state index contributed by atoms with van der Waals surface area (Å²) in [6.45, 7) is 2.67. The van der Waals surface area contributed by atoms with Crippen LogP contribution in [0.1, 0.15) is 6.42 Å². The minimum Gasteiger partial charge on any atom is -0.369 e. The number of halogens is 1. The first-order chi connectivity index (χ1) is 13.9. The van der Waals surface area contributed by atoms with Crippen LogP contribution in [0.2, 0.25) is 0 Å². The maximum absolute atomic E-state index is 13.0. The number of imide groups is 1. The average molecular weight is 459 g/mol. The summed E-state index contributed by atoms with van der Waals surface area (Å²) in [5.41, 5.74) is 1.57. The number of nitro groups is 1. The molecule has 0 saturated carbocycles. The van der Waals surface area contributed by atoms with Gasteiger partial charge in [-0.1, -0.05) is 22.0 Å². The molecule has 9 heteroatoms. The van der Waals surface area contributed by atoms with Gasteiger partial charge in [0.2, 0.25) is 5.91 Å². The van der Waals surface area contributed by atoms with Gasteiger partial charge in [-0.2, -0.15) is 0 Å². The molecule has 2 saturated heterocycles. The highest BCUT2D eigenvalue weighted by Gasteiger charge is 2.43. The van der Waals surface area contributed by atoms with E-state index in [1.165, 1.54) is 17.0 Å². The van der Waals surface area contributed by atoms with Crippen molar-refractivity contribution in [1.29, 1.82) is 0 Å². The van der Waals surface area contributed by atoms with Gasteiger partial charge in [0.25, 0.3) is 11.6 Å². The fourth-order valence-electron chi connectivity index (χ4n) is 3.86. The van der Waals surface area contributed by atoms with Crippen LogP contribution in [0.3, 0.4) is 0 Å². The van der Waals surface area contributed by atoms with Crippen molar-refractivity contribution in [3.8, 4) is 0 Å². The summed E-state index contributed by atoms with van der Waals surface area (Å²) in [7, 11) is 0. The molecule has 1 atom stereocenters. The van der Waals surface area contributed by atoms with Gasteiger partial charge in [0.05, 0.1) is 23.1 Å². The SMILES string of the molecule is O=C1C[C@H](N2CCN(c3ccc([N+](=O)[O-])cc3)CC2)C(=O)N1c1cccc(Br)c1. The Morgan fingerprint density at radius 3 is 2.28 bits per heavy atom. The van der Waals surface area contributed by atoms with Crippen molar-refractivity contribution in [2.75, 3.05) is 36.0 Å². The molecule has 2 aliphatic heterocycles. The Balaban J connectivity index is 1.41. The molecule has 0 spiro atoms. The predicted octanol–water partition coefficient (Wildman–Crippen LogP) is 2.81. The lowest BCUT2D eigenvalue weighted by Gasteiger charge is -2.38.